The number of nitrogens with one attached hydrogen (secondary N) is 1. The molecule has 0 bridgehead atoms. The Morgan fingerprint density at radius 2 is 2.22 bits per heavy atom. The maximum atomic E-state index is 5.75. The van der Waals surface area contributed by atoms with Crippen LogP contribution in [0.4, 0.5) is 0 Å². The van der Waals surface area contributed by atoms with Crippen LogP contribution in [0.25, 0.3) is 0 Å². The van der Waals surface area contributed by atoms with E-state index >= 15 is 0 Å². The van der Waals surface area contributed by atoms with Crippen molar-refractivity contribution in [3.8, 4) is 0 Å². The maximum absolute atomic E-state index is 5.75. The molecule has 2 rings (SSSR count). The lowest BCUT2D eigenvalue weighted by molar-refractivity contribution is 0.418. The zero-order chi connectivity index (χ0) is 13.1. The predicted octanol–water partition coefficient (Wildman–Crippen LogP) is 3.27. The van der Waals surface area contributed by atoms with Crippen molar-refractivity contribution in [2.75, 3.05) is 6.54 Å². The Balaban J connectivity index is 2.43. The summed E-state index contributed by atoms with van der Waals surface area (Å²) >= 11 is 3.57. The lowest BCUT2D eigenvalue weighted by Gasteiger charge is -2.17. The second-order valence-electron chi connectivity index (χ2n) is 4.13. The zero-order valence-electron chi connectivity index (χ0n) is 10.9. The van der Waals surface area contributed by atoms with Crippen LogP contribution in [0.2, 0.25) is 0 Å². The van der Waals surface area contributed by atoms with Crippen molar-refractivity contribution in [3.63, 3.8) is 0 Å². The SMILES string of the molecule is CCNC(c1ccc(C)o1)c1c(Br)cnn1CC. The lowest BCUT2D eigenvalue weighted by atomic mass is 10.1. The van der Waals surface area contributed by atoms with Gasteiger partial charge in [-0.2, -0.15) is 5.10 Å². The Hall–Kier alpha value is -1.07. The minimum absolute atomic E-state index is 0.0283. The van der Waals surface area contributed by atoms with Gasteiger partial charge < -0.3 is 9.73 Å². The monoisotopic (exact) mass is 311 g/mol. The summed E-state index contributed by atoms with van der Waals surface area (Å²) in [7, 11) is 0. The third kappa shape index (κ3) is 2.52. The van der Waals surface area contributed by atoms with E-state index in [1.165, 1.54) is 0 Å². The highest BCUT2D eigenvalue weighted by molar-refractivity contribution is 9.10. The van der Waals surface area contributed by atoms with Crippen molar-refractivity contribution in [2.45, 2.75) is 33.4 Å². The molecule has 2 heterocycles. The summed E-state index contributed by atoms with van der Waals surface area (Å²) in [5.74, 6) is 1.84. The number of furan rings is 1. The Labute approximate surface area is 115 Å². The van der Waals surface area contributed by atoms with Crippen LogP contribution in [0.15, 0.2) is 27.2 Å². The van der Waals surface area contributed by atoms with Crippen LogP contribution >= 0.6 is 15.9 Å². The van der Waals surface area contributed by atoms with E-state index in [0.29, 0.717) is 0 Å². The van der Waals surface area contributed by atoms with Crippen molar-refractivity contribution in [2.24, 2.45) is 0 Å². The molecule has 0 fully saturated rings. The highest BCUT2D eigenvalue weighted by Crippen LogP contribution is 2.29. The van der Waals surface area contributed by atoms with E-state index in [9.17, 15) is 0 Å². The van der Waals surface area contributed by atoms with Gasteiger partial charge in [-0.25, -0.2) is 0 Å². The van der Waals surface area contributed by atoms with Gasteiger partial charge in [0.15, 0.2) is 0 Å². The normalized spacial score (nSPS) is 12.9. The average Bonchev–Trinajstić information content (AvgIpc) is 2.93. The fraction of sp³-hybridized carbons (Fsp3) is 0.462. The molecule has 0 aliphatic carbocycles. The van der Waals surface area contributed by atoms with E-state index in [0.717, 1.165) is 34.8 Å². The van der Waals surface area contributed by atoms with Gasteiger partial charge in [0.1, 0.15) is 17.6 Å². The molecule has 0 spiro atoms. The number of hydrogen-bond donors (Lipinski definition) is 1. The molecule has 18 heavy (non-hydrogen) atoms. The summed E-state index contributed by atoms with van der Waals surface area (Å²) in [5.41, 5.74) is 1.11. The van der Waals surface area contributed by atoms with Crippen LogP contribution in [-0.2, 0) is 6.54 Å². The molecular weight excluding hydrogens is 294 g/mol. The molecule has 1 atom stereocenters. The molecule has 1 N–H and O–H groups in total. The number of hydrogen-bond acceptors (Lipinski definition) is 3. The highest BCUT2D eigenvalue weighted by atomic mass is 79.9. The molecule has 4 nitrogen and oxygen atoms in total. The molecule has 1 unspecified atom stereocenters. The second-order valence-corrected chi connectivity index (χ2v) is 4.99. The minimum Gasteiger partial charge on any atom is -0.464 e. The molecule has 2 aromatic heterocycles. The summed E-state index contributed by atoms with van der Waals surface area (Å²) in [6.45, 7) is 7.83. The minimum atomic E-state index is 0.0283. The van der Waals surface area contributed by atoms with Gasteiger partial charge in [-0.3, -0.25) is 4.68 Å². The molecule has 5 heteroatoms. The maximum Gasteiger partial charge on any atom is 0.127 e. The Bertz CT molecular complexity index is 518. The van der Waals surface area contributed by atoms with Crippen LogP contribution in [0.1, 0.15) is 37.1 Å². The van der Waals surface area contributed by atoms with Gasteiger partial charge in [0.05, 0.1) is 16.4 Å². The zero-order valence-corrected chi connectivity index (χ0v) is 12.5. The molecule has 2 aromatic rings. The summed E-state index contributed by atoms with van der Waals surface area (Å²) in [6.07, 6.45) is 1.83. The fourth-order valence-corrected chi connectivity index (χ4v) is 2.58. The number of rotatable bonds is 5. The van der Waals surface area contributed by atoms with E-state index in [4.69, 9.17) is 4.42 Å². The first kappa shape index (κ1) is 13.4. The van der Waals surface area contributed by atoms with Crippen molar-refractivity contribution in [1.82, 2.24) is 15.1 Å². The summed E-state index contributed by atoms with van der Waals surface area (Å²) in [4.78, 5) is 0. The van der Waals surface area contributed by atoms with E-state index in [1.54, 1.807) is 0 Å². The van der Waals surface area contributed by atoms with Gasteiger partial charge in [0, 0.05) is 6.54 Å². The molecule has 0 saturated carbocycles. The number of halogens is 1. The van der Waals surface area contributed by atoms with E-state index in [1.807, 2.05) is 29.9 Å². The molecule has 0 aromatic carbocycles. The third-order valence-electron chi connectivity index (χ3n) is 2.86. The van der Waals surface area contributed by atoms with Gasteiger partial charge in [0.25, 0.3) is 0 Å². The molecule has 98 valence electrons. The van der Waals surface area contributed by atoms with Crippen molar-refractivity contribution in [3.05, 3.63) is 40.0 Å². The first-order valence-corrected chi connectivity index (χ1v) is 6.97. The van der Waals surface area contributed by atoms with Gasteiger partial charge in [-0.15, -0.1) is 0 Å². The standard InChI is InChI=1S/C13H18BrN3O/c1-4-15-12(11-7-6-9(3)18-11)13-10(14)8-16-17(13)5-2/h6-8,12,15H,4-5H2,1-3H3. The molecule has 0 amide bonds. The highest BCUT2D eigenvalue weighted by Gasteiger charge is 2.23. The Kier molecular flexibility index (Phi) is 4.24. The predicted molar refractivity (Wildman–Crippen MR) is 74.6 cm³/mol. The van der Waals surface area contributed by atoms with Gasteiger partial charge in [-0.05, 0) is 48.5 Å². The van der Waals surface area contributed by atoms with Crippen molar-refractivity contribution >= 4 is 15.9 Å². The molecule has 0 aliphatic heterocycles. The molecular formula is C13H18BrN3O. The van der Waals surface area contributed by atoms with E-state index < -0.39 is 0 Å². The third-order valence-corrected chi connectivity index (χ3v) is 3.47. The first-order valence-electron chi connectivity index (χ1n) is 6.18. The largest absolute Gasteiger partial charge is 0.464 e. The number of aryl methyl sites for hydroxylation is 2. The van der Waals surface area contributed by atoms with Crippen LogP contribution < -0.4 is 5.32 Å². The second kappa shape index (κ2) is 5.71. The van der Waals surface area contributed by atoms with Gasteiger partial charge in [-0.1, -0.05) is 6.92 Å². The van der Waals surface area contributed by atoms with Crippen molar-refractivity contribution < 1.29 is 4.42 Å². The quantitative estimate of drug-likeness (QED) is 0.921. The van der Waals surface area contributed by atoms with Crippen LogP contribution in [0, 0.1) is 6.92 Å². The van der Waals surface area contributed by atoms with Crippen LogP contribution in [-0.4, -0.2) is 16.3 Å². The van der Waals surface area contributed by atoms with Crippen molar-refractivity contribution in [1.29, 1.82) is 0 Å². The first-order chi connectivity index (χ1) is 8.67. The Morgan fingerprint density at radius 3 is 2.78 bits per heavy atom. The molecule has 0 aliphatic rings. The van der Waals surface area contributed by atoms with Crippen LogP contribution in [0.3, 0.4) is 0 Å². The number of aromatic nitrogens is 2. The van der Waals surface area contributed by atoms with Gasteiger partial charge in [0.2, 0.25) is 0 Å². The van der Waals surface area contributed by atoms with Crippen LogP contribution in [0.5, 0.6) is 0 Å². The van der Waals surface area contributed by atoms with E-state index in [2.05, 4.69) is 40.2 Å². The lowest BCUT2D eigenvalue weighted by Crippen LogP contribution is -2.24. The summed E-state index contributed by atoms with van der Waals surface area (Å²) in [5, 5.41) is 7.80. The topological polar surface area (TPSA) is 43.0 Å². The van der Waals surface area contributed by atoms with Gasteiger partial charge >= 0.3 is 0 Å². The number of nitrogens with zero attached hydrogens (tertiary/aromatic N) is 2. The molecule has 0 radical (unpaired) electrons. The smallest absolute Gasteiger partial charge is 0.127 e. The average molecular weight is 312 g/mol. The Morgan fingerprint density at radius 1 is 1.44 bits per heavy atom. The summed E-state index contributed by atoms with van der Waals surface area (Å²) in [6, 6.07) is 4.03. The van der Waals surface area contributed by atoms with E-state index in [-0.39, 0.29) is 6.04 Å². The summed E-state index contributed by atoms with van der Waals surface area (Å²) < 4.78 is 8.74. The molecule has 0 saturated heterocycles. The fourth-order valence-electron chi connectivity index (χ4n) is 2.06.